The van der Waals surface area contributed by atoms with Crippen LogP contribution in [-0.4, -0.2) is 4.57 Å². The van der Waals surface area contributed by atoms with Crippen LogP contribution in [0.2, 0.25) is 0 Å². The molecule has 67 heavy (non-hydrogen) atoms. The Labute approximate surface area is 391 Å². The fraction of sp³-hybridized carbons (Fsp3) is 0.0462. The predicted molar refractivity (Wildman–Crippen MR) is 284 cm³/mol. The third-order valence-corrected chi connectivity index (χ3v) is 14.4. The second-order valence-corrected chi connectivity index (χ2v) is 18.5. The highest BCUT2D eigenvalue weighted by Gasteiger charge is 2.35. The van der Waals surface area contributed by atoms with Gasteiger partial charge in [-0.15, -0.1) is 0 Å². The van der Waals surface area contributed by atoms with Crippen LogP contribution in [-0.2, 0) is 5.41 Å². The molecule has 2 nitrogen and oxygen atoms in total. The summed E-state index contributed by atoms with van der Waals surface area (Å²) in [5.74, 6) is 0. The number of anilines is 3. The minimum Gasteiger partial charge on any atom is -0.310 e. The molecule has 0 saturated carbocycles. The van der Waals surface area contributed by atoms with Crippen molar-refractivity contribution >= 4 is 60.4 Å². The van der Waals surface area contributed by atoms with Gasteiger partial charge in [-0.25, -0.2) is 0 Å². The Morgan fingerprint density at radius 2 is 0.761 bits per heavy atom. The zero-order valence-corrected chi connectivity index (χ0v) is 37.5. The fourth-order valence-corrected chi connectivity index (χ4v) is 11.2. The van der Waals surface area contributed by atoms with Crippen LogP contribution in [0.4, 0.5) is 17.1 Å². The van der Waals surface area contributed by atoms with Gasteiger partial charge in [0.15, 0.2) is 0 Å². The lowest BCUT2D eigenvalue weighted by Gasteiger charge is -2.26. The van der Waals surface area contributed by atoms with Gasteiger partial charge < -0.3 is 9.47 Å². The Morgan fingerprint density at radius 3 is 1.42 bits per heavy atom. The Balaban J connectivity index is 0.967. The molecule has 0 fully saturated rings. The summed E-state index contributed by atoms with van der Waals surface area (Å²) >= 11 is 0. The van der Waals surface area contributed by atoms with Crippen LogP contribution >= 0.6 is 0 Å². The van der Waals surface area contributed by atoms with E-state index in [1.807, 2.05) is 0 Å². The molecule has 1 heterocycles. The van der Waals surface area contributed by atoms with E-state index in [9.17, 15) is 0 Å². The van der Waals surface area contributed by atoms with Crippen molar-refractivity contribution in [2.24, 2.45) is 0 Å². The molecule has 13 rings (SSSR count). The molecule has 1 aliphatic rings. The zero-order valence-electron chi connectivity index (χ0n) is 37.5. The van der Waals surface area contributed by atoms with Crippen molar-refractivity contribution in [2.45, 2.75) is 19.3 Å². The molecule has 1 aromatic heterocycles. The van der Waals surface area contributed by atoms with Crippen LogP contribution in [0, 0.1) is 0 Å². The molecule has 11 aromatic carbocycles. The third kappa shape index (κ3) is 6.18. The highest BCUT2D eigenvalue weighted by Crippen LogP contribution is 2.50. The van der Waals surface area contributed by atoms with Crippen LogP contribution in [0.3, 0.4) is 0 Å². The lowest BCUT2D eigenvalue weighted by molar-refractivity contribution is 0.660. The molecule has 0 amide bonds. The summed E-state index contributed by atoms with van der Waals surface area (Å²) in [5, 5.41) is 7.45. The molecule has 0 atom stereocenters. The molecule has 0 bridgehead atoms. The van der Waals surface area contributed by atoms with E-state index >= 15 is 0 Å². The second kappa shape index (κ2) is 15.3. The maximum absolute atomic E-state index is 2.43. The molecular weight excluding hydrogens is 809 g/mol. The molecular formula is C65H46N2. The minimum absolute atomic E-state index is 0.0715. The van der Waals surface area contributed by atoms with Crippen molar-refractivity contribution in [3.05, 3.63) is 254 Å². The SMILES string of the molecule is CC1(C)c2ccccc2-c2ccc(-c3ccc4c(c3)c3cc(N(c5ccccc5)c5ccc(-c6c7ccccc7c(-c7ccccc7)c7ccccc67)cc5)ccc3n4-c3ccccc3)cc21. The van der Waals surface area contributed by atoms with Gasteiger partial charge in [0.2, 0.25) is 0 Å². The molecule has 1 aliphatic carbocycles. The van der Waals surface area contributed by atoms with E-state index in [4.69, 9.17) is 0 Å². The smallest absolute Gasteiger partial charge is 0.0542 e. The summed E-state index contributed by atoms with van der Waals surface area (Å²) in [6, 6.07) is 89.3. The summed E-state index contributed by atoms with van der Waals surface area (Å²) in [5.41, 5.74) is 19.6. The normalized spacial score (nSPS) is 12.7. The molecule has 0 spiro atoms. The van der Waals surface area contributed by atoms with E-state index < -0.39 is 0 Å². The first kappa shape index (κ1) is 39.0. The highest BCUT2D eigenvalue weighted by molar-refractivity contribution is 6.21. The van der Waals surface area contributed by atoms with Gasteiger partial charge >= 0.3 is 0 Å². The number of fused-ring (bicyclic) bond motifs is 8. The van der Waals surface area contributed by atoms with Gasteiger partial charge in [-0.3, -0.25) is 0 Å². The van der Waals surface area contributed by atoms with Crippen molar-refractivity contribution < 1.29 is 0 Å². The maximum atomic E-state index is 2.43. The number of nitrogens with zero attached hydrogens (tertiary/aromatic N) is 2. The first-order valence-electron chi connectivity index (χ1n) is 23.3. The van der Waals surface area contributed by atoms with Crippen molar-refractivity contribution in [1.29, 1.82) is 0 Å². The molecule has 316 valence electrons. The number of para-hydroxylation sites is 2. The van der Waals surface area contributed by atoms with Gasteiger partial charge in [-0.2, -0.15) is 0 Å². The number of rotatable bonds is 7. The standard InChI is InChI=1S/C65H46N2/c1-65(2)59-29-17-16-24-51(59)52-37-32-46(41-60(52)65)45-33-38-61-57(40-45)58-42-50(36-39-62(58)67(61)48-22-10-5-11-23-48)66(47-20-8-4-9-21-47)49-34-30-44(31-35-49)64-55-27-14-12-25-53(55)63(43-18-6-3-7-19-43)54-26-13-15-28-56(54)64/h3-42H,1-2H3. The average molecular weight is 855 g/mol. The first-order valence-corrected chi connectivity index (χ1v) is 23.3. The maximum Gasteiger partial charge on any atom is 0.0542 e. The van der Waals surface area contributed by atoms with E-state index in [-0.39, 0.29) is 5.41 Å². The molecule has 0 unspecified atom stereocenters. The summed E-state index contributed by atoms with van der Waals surface area (Å²) < 4.78 is 2.42. The van der Waals surface area contributed by atoms with Crippen LogP contribution in [0.1, 0.15) is 25.0 Å². The van der Waals surface area contributed by atoms with Gasteiger partial charge in [-0.05, 0) is 150 Å². The topological polar surface area (TPSA) is 8.17 Å². The quantitative estimate of drug-likeness (QED) is 0.145. The van der Waals surface area contributed by atoms with E-state index in [1.54, 1.807) is 0 Å². The number of hydrogen-bond donors (Lipinski definition) is 0. The van der Waals surface area contributed by atoms with Crippen LogP contribution in [0.25, 0.3) is 93.5 Å². The summed E-state index contributed by atoms with van der Waals surface area (Å²) in [4.78, 5) is 2.40. The largest absolute Gasteiger partial charge is 0.310 e. The van der Waals surface area contributed by atoms with Crippen LogP contribution < -0.4 is 4.90 Å². The monoisotopic (exact) mass is 854 g/mol. The van der Waals surface area contributed by atoms with Gasteiger partial charge in [0.25, 0.3) is 0 Å². The van der Waals surface area contributed by atoms with E-state index in [2.05, 4.69) is 266 Å². The van der Waals surface area contributed by atoms with Crippen LogP contribution in [0.5, 0.6) is 0 Å². The van der Waals surface area contributed by atoms with E-state index in [1.165, 1.54) is 99.0 Å². The minimum atomic E-state index is -0.0715. The second-order valence-electron chi connectivity index (χ2n) is 18.5. The van der Waals surface area contributed by atoms with E-state index in [0.717, 1.165) is 22.7 Å². The molecule has 0 aliphatic heterocycles. The van der Waals surface area contributed by atoms with Crippen molar-refractivity contribution in [1.82, 2.24) is 4.57 Å². The Hall–Kier alpha value is -8.46. The Bertz CT molecular complexity index is 3810. The molecule has 0 radical (unpaired) electrons. The molecule has 0 N–H and O–H groups in total. The number of aromatic nitrogens is 1. The fourth-order valence-electron chi connectivity index (χ4n) is 11.2. The summed E-state index contributed by atoms with van der Waals surface area (Å²) in [6.07, 6.45) is 0. The number of benzene rings is 11. The third-order valence-electron chi connectivity index (χ3n) is 14.4. The van der Waals surface area contributed by atoms with Crippen molar-refractivity contribution in [3.63, 3.8) is 0 Å². The lowest BCUT2D eigenvalue weighted by Crippen LogP contribution is -2.14. The summed E-state index contributed by atoms with van der Waals surface area (Å²) in [7, 11) is 0. The van der Waals surface area contributed by atoms with Gasteiger partial charge in [0, 0.05) is 38.9 Å². The molecule has 2 heteroatoms. The first-order chi connectivity index (χ1) is 33.0. The van der Waals surface area contributed by atoms with E-state index in [0.29, 0.717) is 0 Å². The molecule has 0 saturated heterocycles. The predicted octanol–water partition coefficient (Wildman–Crippen LogP) is 17.9. The van der Waals surface area contributed by atoms with Gasteiger partial charge in [-0.1, -0.05) is 184 Å². The van der Waals surface area contributed by atoms with Crippen molar-refractivity contribution in [3.8, 4) is 50.2 Å². The zero-order chi connectivity index (χ0) is 44.6. The lowest BCUT2D eigenvalue weighted by atomic mass is 9.81. The Morgan fingerprint density at radius 1 is 0.313 bits per heavy atom. The highest BCUT2D eigenvalue weighted by atomic mass is 15.1. The average Bonchev–Trinajstić information content (AvgIpc) is 3.83. The van der Waals surface area contributed by atoms with Crippen LogP contribution in [0.15, 0.2) is 243 Å². The molecule has 12 aromatic rings. The Kier molecular flexibility index (Phi) is 8.91. The van der Waals surface area contributed by atoms with Gasteiger partial charge in [0.1, 0.15) is 0 Å². The van der Waals surface area contributed by atoms with Gasteiger partial charge in [0.05, 0.1) is 11.0 Å². The summed E-state index contributed by atoms with van der Waals surface area (Å²) in [6.45, 7) is 4.72. The number of hydrogen-bond acceptors (Lipinski definition) is 1. The van der Waals surface area contributed by atoms with Crippen molar-refractivity contribution in [2.75, 3.05) is 4.90 Å².